The molecule has 1 aliphatic rings. The molecule has 7 nitrogen and oxygen atoms in total. The monoisotopic (exact) mass is 304 g/mol. The molecule has 0 spiro atoms. The van der Waals surface area contributed by atoms with Gasteiger partial charge in [-0.3, -0.25) is 14.9 Å². The van der Waals surface area contributed by atoms with Gasteiger partial charge < -0.3 is 15.5 Å². The first-order valence-corrected chi connectivity index (χ1v) is 7.10. The van der Waals surface area contributed by atoms with E-state index >= 15 is 0 Å². The number of anilines is 1. The smallest absolute Gasteiger partial charge is 0.322 e. The molecule has 1 fully saturated rings. The van der Waals surface area contributed by atoms with E-state index in [1.165, 1.54) is 0 Å². The number of nitrogens with one attached hydrogen (secondary N) is 3. The van der Waals surface area contributed by atoms with Gasteiger partial charge in [0.25, 0.3) is 5.91 Å². The number of benzene rings is 1. The molecule has 22 heavy (non-hydrogen) atoms. The summed E-state index contributed by atoms with van der Waals surface area (Å²) in [6.07, 6.45) is 0.479. The highest BCUT2D eigenvalue weighted by Crippen LogP contribution is 2.13. The zero-order chi connectivity index (χ0) is 16.1. The number of imide groups is 1. The van der Waals surface area contributed by atoms with Crippen LogP contribution in [0.4, 0.5) is 10.5 Å². The lowest BCUT2D eigenvalue weighted by Crippen LogP contribution is -2.31. The Bertz CT molecular complexity index is 586. The van der Waals surface area contributed by atoms with E-state index in [9.17, 15) is 14.4 Å². The Morgan fingerprint density at radius 3 is 2.73 bits per heavy atom. The normalized spacial score (nSPS) is 16.9. The molecule has 0 unspecified atom stereocenters. The Morgan fingerprint density at radius 2 is 2.09 bits per heavy atom. The number of carbonyl (C=O) groups is 3. The maximum Gasteiger partial charge on any atom is 0.322 e. The van der Waals surface area contributed by atoms with E-state index in [4.69, 9.17) is 0 Å². The molecule has 0 saturated carbocycles. The molecule has 7 heteroatoms. The lowest BCUT2D eigenvalue weighted by Gasteiger charge is -2.14. The lowest BCUT2D eigenvalue weighted by molar-refractivity contribution is -0.122. The molecule has 0 radical (unpaired) electrons. The highest BCUT2D eigenvalue weighted by Gasteiger charge is 2.29. The molecule has 0 aromatic heterocycles. The summed E-state index contributed by atoms with van der Waals surface area (Å²) in [6.45, 7) is 0.434. The number of nitrogens with zero attached hydrogens (tertiary/aromatic N) is 1. The van der Waals surface area contributed by atoms with Crippen LogP contribution in [0, 0.1) is 0 Å². The summed E-state index contributed by atoms with van der Waals surface area (Å²) in [5, 5.41) is 7.42. The van der Waals surface area contributed by atoms with Gasteiger partial charge >= 0.3 is 6.03 Å². The molecular formula is C15H20N4O3. The van der Waals surface area contributed by atoms with Crippen molar-refractivity contribution < 1.29 is 14.4 Å². The molecule has 1 aliphatic heterocycles. The van der Waals surface area contributed by atoms with Crippen LogP contribution in [0.25, 0.3) is 0 Å². The van der Waals surface area contributed by atoms with Gasteiger partial charge in [-0.2, -0.15) is 0 Å². The summed E-state index contributed by atoms with van der Waals surface area (Å²) in [5.74, 6) is -0.527. The van der Waals surface area contributed by atoms with Gasteiger partial charge in [0, 0.05) is 32.7 Å². The van der Waals surface area contributed by atoms with E-state index in [0.717, 1.165) is 11.3 Å². The van der Waals surface area contributed by atoms with Crippen molar-refractivity contribution >= 4 is 23.5 Å². The highest BCUT2D eigenvalue weighted by atomic mass is 16.2. The van der Waals surface area contributed by atoms with Crippen LogP contribution in [0.1, 0.15) is 18.4 Å². The molecule has 1 saturated heterocycles. The Kier molecular flexibility index (Phi) is 4.98. The quantitative estimate of drug-likeness (QED) is 0.662. The van der Waals surface area contributed by atoms with Crippen molar-refractivity contribution in [2.45, 2.75) is 25.4 Å². The minimum absolute atomic E-state index is 0.149. The van der Waals surface area contributed by atoms with E-state index < -0.39 is 12.1 Å². The molecule has 0 bridgehead atoms. The minimum atomic E-state index is -0.615. The molecule has 1 aromatic rings. The van der Waals surface area contributed by atoms with Gasteiger partial charge in [-0.1, -0.05) is 12.1 Å². The lowest BCUT2D eigenvalue weighted by atomic mass is 10.1. The van der Waals surface area contributed by atoms with Crippen molar-refractivity contribution in [3.8, 4) is 0 Å². The van der Waals surface area contributed by atoms with E-state index in [1.54, 1.807) is 0 Å². The number of amides is 4. The van der Waals surface area contributed by atoms with Crippen molar-refractivity contribution in [2.24, 2.45) is 0 Å². The Hall–Kier alpha value is -2.57. The van der Waals surface area contributed by atoms with Crippen molar-refractivity contribution in [3.63, 3.8) is 0 Å². The fourth-order valence-electron chi connectivity index (χ4n) is 2.17. The molecule has 118 valence electrons. The van der Waals surface area contributed by atoms with Crippen molar-refractivity contribution in [3.05, 3.63) is 29.8 Å². The third-order valence-corrected chi connectivity index (χ3v) is 3.44. The summed E-state index contributed by atoms with van der Waals surface area (Å²) in [7, 11) is 3.91. The second-order valence-corrected chi connectivity index (χ2v) is 5.40. The van der Waals surface area contributed by atoms with E-state index in [1.807, 2.05) is 43.3 Å². The largest absolute Gasteiger partial charge is 0.378 e. The molecule has 2 rings (SSSR count). The van der Waals surface area contributed by atoms with Crippen LogP contribution in [-0.4, -0.2) is 38.0 Å². The topological polar surface area (TPSA) is 90.5 Å². The summed E-state index contributed by atoms with van der Waals surface area (Å²) < 4.78 is 0. The number of rotatable bonds is 6. The Morgan fingerprint density at radius 1 is 1.32 bits per heavy atom. The van der Waals surface area contributed by atoms with Gasteiger partial charge in [-0.25, -0.2) is 4.79 Å². The zero-order valence-electron chi connectivity index (χ0n) is 12.7. The van der Waals surface area contributed by atoms with Crippen LogP contribution in [0.2, 0.25) is 0 Å². The van der Waals surface area contributed by atoms with Gasteiger partial charge in [-0.05, 0) is 24.1 Å². The fourth-order valence-corrected chi connectivity index (χ4v) is 2.17. The molecule has 0 aliphatic carbocycles. The standard InChI is InChI=1S/C15H20N4O3/c1-19(2)11-5-3-4-10(8-11)9-16-13(20)7-6-12-14(21)18-15(22)17-12/h3-5,8,12H,6-7,9H2,1-2H3,(H,16,20)(H2,17,18,21,22)/t12-/m0/s1. The third kappa shape index (κ3) is 4.21. The average molecular weight is 304 g/mol. The third-order valence-electron chi connectivity index (χ3n) is 3.44. The number of hydrogen-bond donors (Lipinski definition) is 3. The summed E-state index contributed by atoms with van der Waals surface area (Å²) in [6, 6.07) is 6.76. The van der Waals surface area contributed by atoms with Crippen molar-refractivity contribution in [1.82, 2.24) is 16.0 Å². The molecule has 3 N–H and O–H groups in total. The Balaban J connectivity index is 1.77. The van der Waals surface area contributed by atoms with Gasteiger partial charge in [0.15, 0.2) is 0 Å². The van der Waals surface area contributed by atoms with Crippen LogP contribution in [0.3, 0.4) is 0 Å². The van der Waals surface area contributed by atoms with Gasteiger partial charge in [0.05, 0.1) is 0 Å². The first-order chi connectivity index (χ1) is 10.5. The van der Waals surface area contributed by atoms with Gasteiger partial charge in [0.2, 0.25) is 5.91 Å². The van der Waals surface area contributed by atoms with Crippen LogP contribution >= 0.6 is 0 Å². The maximum absolute atomic E-state index is 11.8. The molecule has 1 heterocycles. The second-order valence-electron chi connectivity index (χ2n) is 5.40. The predicted molar refractivity (Wildman–Crippen MR) is 82.3 cm³/mol. The first-order valence-electron chi connectivity index (χ1n) is 7.10. The molecular weight excluding hydrogens is 284 g/mol. The first kappa shape index (κ1) is 15.8. The van der Waals surface area contributed by atoms with E-state index in [0.29, 0.717) is 13.0 Å². The van der Waals surface area contributed by atoms with Crippen molar-refractivity contribution in [2.75, 3.05) is 19.0 Å². The summed E-state index contributed by atoms with van der Waals surface area (Å²) >= 11 is 0. The highest BCUT2D eigenvalue weighted by molar-refractivity contribution is 6.04. The van der Waals surface area contributed by atoms with E-state index in [2.05, 4.69) is 16.0 Å². The van der Waals surface area contributed by atoms with Gasteiger partial charge in [0.1, 0.15) is 6.04 Å². The van der Waals surface area contributed by atoms with Crippen LogP contribution in [0.5, 0.6) is 0 Å². The number of carbonyl (C=O) groups excluding carboxylic acids is 3. The second kappa shape index (κ2) is 6.93. The molecule has 1 aromatic carbocycles. The molecule has 1 atom stereocenters. The predicted octanol–water partition coefficient (Wildman–Crippen LogP) is 0.357. The summed E-state index contributed by atoms with van der Waals surface area (Å²) in [4.78, 5) is 36.1. The Labute approximate surface area is 129 Å². The summed E-state index contributed by atoms with van der Waals surface area (Å²) in [5.41, 5.74) is 2.07. The van der Waals surface area contributed by atoms with Crippen LogP contribution < -0.4 is 20.9 Å². The van der Waals surface area contributed by atoms with Crippen LogP contribution in [-0.2, 0) is 16.1 Å². The zero-order valence-corrected chi connectivity index (χ0v) is 12.7. The van der Waals surface area contributed by atoms with Crippen molar-refractivity contribution in [1.29, 1.82) is 0 Å². The van der Waals surface area contributed by atoms with Gasteiger partial charge in [-0.15, -0.1) is 0 Å². The maximum atomic E-state index is 11.8. The number of urea groups is 1. The average Bonchev–Trinajstić information content (AvgIpc) is 2.81. The van der Waals surface area contributed by atoms with Crippen LogP contribution in [0.15, 0.2) is 24.3 Å². The molecule has 4 amide bonds. The minimum Gasteiger partial charge on any atom is -0.378 e. The number of hydrogen-bond acceptors (Lipinski definition) is 4. The fraction of sp³-hybridized carbons (Fsp3) is 0.400. The van der Waals surface area contributed by atoms with E-state index in [-0.39, 0.29) is 18.2 Å². The SMILES string of the molecule is CN(C)c1cccc(CNC(=O)CC[C@@H]2NC(=O)NC2=O)c1.